The van der Waals surface area contributed by atoms with Gasteiger partial charge in [-0.2, -0.15) is 15.1 Å². The summed E-state index contributed by atoms with van der Waals surface area (Å²) < 4.78 is 33.5. The zero-order chi connectivity index (χ0) is 30.2. The van der Waals surface area contributed by atoms with Crippen molar-refractivity contribution in [3.63, 3.8) is 0 Å². The average Bonchev–Trinajstić information content (AvgIpc) is 3.56. The first-order valence-electron chi connectivity index (χ1n) is 13.9. The fourth-order valence-electron chi connectivity index (χ4n) is 5.97. The van der Waals surface area contributed by atoms with E-state index in [1.807, 2.05) is 11.0 Å². The van der Waals surface area contributed by atoms with Crippen LogP contribution in [-0.2, 0) is 19.0 Å². The highest BCUT2D eigenvalue weighted by atomic mass is 35.5. The zero-order valence-electron chi connectivity index (χ0n) is 23.6. The summed E-state index contributed by atoms with van der Waals surface area (Å²) in [7, 11) is 1.30. The molecule has 2 saturated heterocycles. The van der Waals surface area contributed by atoms with Gasteiger partial charge in [0.05, 0.1) is 30.3 Å². The van der Waals surface area contributed by atoms with Gasteiger partial charge in [-0.15, -0.1) is 0 Å². The van der Waals surface area contributed by atoms with Crippen LogP contribution in [0, 0.1) is 5.82 Å². The van der Waals surface area contributed by atoms with Crippen LogP contribution in [0.15, 0.2) is 66.9 Å². The number of rotatable bonds is 6. The highest BCUT2D eigenvalue weighted by Gasteiger charge is 2.45. The molecule has 6 rings (SSSR count). The third-order valence-corrected chi connectivity index (χ3v) is 8.03. The van der Waals surface area contributed by atoms with Crippen LogP contribution in [0.2, 0.25) is 5.28 Å². The minimum absolute atomic E-state index is 0.0319. The molecule has 2 aromatic heterocycles. The van der Waals surface area contributed by atoms with Gasteiger partial charge in [0.15, 0.2) is 18.0 Å². The summed E-state index contributed by atoms with van der Waals surface area (Å²) in [6.07, 6.45) is 1.38. The molecular formula is C31H29ClFN5O5. The summed E-state index contributed by atoms with van der Waals surface area (Å²) in [5, 5.41) is 5.13. The molecule has 2 aliphatic rings. The molecule has 0 saturated carbocycles. The maximum Gasteiger partial charge on any atom is 0.338 e. The van der Waals surface area contributed by atoms with Crippen molar-refractivity contribution in [2.45, 2.75) is 50.7 Å². The Balaban J connectivity index is 1.44. The van der Waals surface area contributed by atoms with Gasteiger partial charge in [-0.1, -0.05) is 43.0 Å². The van der Waals surface area contributed by atoms with E-state index in [1.54, 1.807) is 42.6 Å². The second-order valence-electron chi connectivity index (χ2n) is 10.5. The van der Waals surface area contributed by atoms with E-state index >= 15 is 0 Å². The van der Waals surface area contributed by atoms with Gasteiger partial charge >= 0.3 is 11.9 Å². The van der Waals surface area contributed by atoms with Crippen molar-refractivity contribution in [2.75, 3.05) is 18.6 Å². The number of hydrogen-bond acceptors (Lipinski definition) is 9. The van der Waals surface area contributed by atoms with Gasteiger partial charge in [0, 0.05) is 24.6 Å². The second-order valence-corrected chi connectivity index (χ2v) is 10.8. The van der Waals surface area contributed by atoms with Crippen molar-refractivity contribution in [1.82, 2.24) is 19.7 Å². The number of benzene rings is 2. The summed E-state index contributed by atoms with van der Waals surface area (Å²) >= 11 is 6.49. The van der Waals surface area contributed by atoms with Crippen molar-refractivity contribution in [3.05, 3.63) is 94.7 Å². The highest BCUT2D eigenvalue weighted by Crippen LogP contribution is 2.46. The molecule has 0 radical (unpaired) electrons. The summed E-state index contributed by atoms with van der Waals surface area (Å²) in [6.45, 7) is 6.10. The molecule has 0 unspecified atom stereocenters. The van der Waals surface area contributed by atoms with Crippen LogP contribution < -0.4 is 4.90 Å². The Bertz CT molecular complexity index is 1730. The van der Waals surface area contributed by atoms with Crippen LogP contribution in [0.1, 0.15) is 66.0 Å². The molecule has 2 aliphatic heterocycles. The summed E-state index contributed by atoms with van der Waals surface area (Å²) in [5.74, 6) is -0.860. The molecule has 0 bridgehead atoms. The maximum absolute atomic E-state index is 14.9. The lowest BCUT2D eigenvalue weighted by atomic mass is 9.94. The third-order valence-electron chi connectivity index (χ3n) is 7.86. The molecule has 12 heteroatoms. The molecule has 4 atom stereocenters. The number of piperidine rings is 1. The number of ether oxygens (including phenoxy) is 3. The van der Waals surface area contributed by atoms with Crippen molar-refractivity contribution in [3.8, 4) is 0 Å². The predicted octanol–water partition coefficient (Wildman–Crippen LogP) is 5.90. The maximum atomic E-state index is 14.9. The van der Waals surface area contributed by atoms with E-state index in [0.29, 0.717) is 45.7 Å². The van der Waals surface area contributed by atoms with Crippen molar-refractivity contribution in [1.29, 1.82) is 0 Å². The number of methoxy groups -OCH3 is 1. The van der Waals surface area contributed by atoms with Crippen LogP contribution in [0.3, 0.4) is 0 Å². The number of fused-ring (bicyclic) bond motifs is 1. The highest BCUT2D eigenvalue weighted by molar-refractivity contribution is 6.28. The Morgan fingerprint density at radius 2 is 1.84 bits per heavy atom. The zero-order valence-corrected chi connectivity index (χ0v) is 24.3. The predicted molar refractivity (Wildman–Crippen MR) is 156 cm³/mol. The van der Waals surface area contributed by atoms with Gasteiger partial charge < -0.3 is 19.1 Å². The van der Waals surface area contributed by atoms with Gasteiger partial charge in [-0.3, -0.25) is 4.79 Å². The Morgan fingerprint density at radius 1 is 1.09 bits per heavy atom. The summed E-state index contributed by atoms with van der Waals surface area (Å²) in [4.78, 5) is 35.8. The molecule has 0 spiro atoms. The number of aromatic nitrogens is 4. The molecule has 0 N–H and O–H groups in total. The quantitative estimate of drug-likeness (QED) is 0.151. The molecule has 0 aliphatic carbocycles. The number of halogens is 2. The minimum atomic E-state index is -0.993. The first-order valence-corrected chi connectivity index (χ1v) is 14.3. The van der Waals surface area contributed by atoms with Crippen LogP contribution in [0.5, 0.6) is 0 Å². The molecule has 4 aromatic rings. The van der Waals surface area contributed by atoms with E-state index in [4.69, 9.17) is 25.8 Å². The number of hydrogen-bond donors (Lipinski definition) is 0. The van der Waals surface area contributed by atoms with E-state index in [1.165, 1.54) is 24.8 Å². The number of carbonyl (C=O) groups excluding carboxylic acids is 2. The van der Waals surface area contributed by atoms with Crippen molar-refractivity contribution in [2.24, 2.45) is 0 Å². The van der Waals surface area contributed by atoms with Gasteiger partial charge in [-0.25, -0.2) is 13.9 Å². The van der Waals surface area contributed by atoms with Crippen LogP contribution >= 0.6 is 11.6 Å². The van der Waals surface area contributed by atoms with Crippen LogP contribution in [0.25, 0.3) is 11.0 Å². The molecule has 0 amide bonds. The first-order chi connectivity index (χ1) is 20.8. The van der Waals surface area contributed by atoms with Crippen LogP contribution in [-0.4, -0.2) is 51.4 Å². The molecule has 2 fully saturated rings. The Morgan fingerprint density at radius 3 is 2.58 bits per heavy atom. The fourth-order valence-corrected chi connectivity index (χ4v) is 6.13. The largest absolute Gasteiger partial charge is 0.465 e. The Labute approximate surface area is 252 Å². The second kappa shape index (κ2) is 11.7. The molecule has 2 aromatic carbocycles. The lowest BCUT2D eigenvalue weighted by molar-refractivity contribution is -0.151. The molecular weight excluding hydrogens is 577 g/mol. The third kappa shape index (κ3) is 5.23. The average molecular weight is 606 g/mol. The normalized spacial score (nSPS) is 22.1. The van der Waals surface area contributed by atoms with Crippen molar-refractivity contribution >= 4 is 40.4 Å². The summed E-state index contributed by atoms with van der Waals surface area (Å²) in [6, 6.07) is 13.3. The van der Waals surface area contributed by atoms with Crippen molar-refractivity contribution < 1.29 is 28.2 Å². The van der Waals surface area contributed by atoms with Gasteiger partial charge in [-0.05, 0) is 48.6 Å². The number of anilines is 1. The fraction of sp³-hybridized carbons (Fsp3) is 0.323. The lowest BCUT2D eigenvalue weighted by Gasteiger charge is -2.37. The number of esters is 2. The SMILES string of the molecule is C=C1[C@H](c2ccccc2C(=O)OC)O[C@@H](n2ncc3c(N4CCCC[C@@H]4c4ccccc4F)nc(Cl)nc32)[C@@H]1OC(C)=O. The Kier molecular flexibility index (Phi) is 7.85. The molecule has 43 heavy (non-hydrogen) atoms. The first kappa shape index (κ1) is 28.8. The molecule has 222 valence electrons. The van der Waals surface area contributed by atoms with E-state index in [9.17, 15) is 14.0 Å². The standard InChI is InChI=1S/C31H29ClFN5O5/c1-17-25(19-10-4-5-11-20(19)30(40)41-3)43-29(26(17)42-18(2)39)38-28-22(16-34-38)27(35-31(32)36-28)37-15-9-8-14-24(37)21-12-6-7-13-23(21)33/h4-7,10-13,16,24-26,29H,1,8-9,14-15H2,2-3H3/t24-,25-,26-,29-/m1/s1. The van der Waals surface area contributed by atoms with Crippen LogP contribution in [0.4, 0.5) is 10.2 Å². The molecule has 4 heterocycles. The van der Waals surface area contributed by atoms with Gasteiger partial charge in [0.25, 0.3) is 0 Å². The Hall–Kier alpha value is -4.35. The summed E-state index contributed by atoms with van der Waals surface area (Å²) in [5.41, 5.74) is 2.13. The topological polar surface area (TPSA) is 109 Å². The number of carbonyl (C=O) groups is 2. The molecule has 10 nitrogen and oxygen atoms in total. The lowest BCUT2D eigenvalue weighted by Crippen LogP contribution is -2.34. The van der Waals surface area contributed by atoms with E-state index in [-0.39, 0.29) is 17.1 Å². The monoisotopic (exact) mass is 605 g/mol. The van der Waals surface area contributed by atoms with Gasteiger partial charge in [0.2, 0.25) is 5.28 Å². The van der Waals surface area contributed by atoms with E-state index in [2.05, 4.69) is 21.6 Å². The number of nitrogens with zero attached hydrogens (tertiary/aromatic N) is 5. The van der Waals surface area contributed by atoms with E-state index in [0.717, 1.165) is 19.3 Å². The van der Waals surface area contributed by atoms with Gasteiger partial charge in [0.1, 0.15) is 17.7 Å². The smallest absolute Gasteiger partial charge is 0.338 e. The minimum Gasteiger partial charge on any atom is -0.465 e. The van der Waals surface area contributed by atoms with E-state index < -0.39 is 30.4 Å².